The van der Waals surface area contributed by atoms with Gasteiger partial charge in [-0.3, -0.25) is 55.9 Å². The Hall–Kier alpha value is -7.14. The van der Waals surface area contributed by atoms with Gasteiger partial charge in [0.2, 0.25) is 5.95 Å². The van der Waals surface area contributed by atoms with Crippen molar-refractivity contribution in [3.05, 3.63) is 118 Å². The maximum atomic E-state index is 13.5. The third kappa shape index (κ3) is 26.1. The van der Waals surface area contributed by atoms with E-state index in [-0.39, 0.29) is 163 Å². The van der Waals surface area contributed by atoms with Crippen LogP contribution in [-0.4, -0.2) is 350 Å². The van der Waals surface area contributed by atoms with Crippen LogP contribution in [0, 0.1) is 20.8 Å². The highest BCUT2D eigenvalue weighted by Crippen LogP contribution is 2.60. The Morgan fingerprint density at radius 1 is 0.393 bits per heavy atom. The molecule has 0 bridgehead atoms. The zero-order chi connectivity index (χ0) is 104. The standard InChI is InChI=1S/C75H108N23O37P5S5/c1-10-34-35(21-40(124-34)96-28-85-44-62(78)81-26-83-64(44)96)130-140(109,145)135-71-59(57(118-19-14-113-8)53(129-71)43-33(4)67(100)95-75(104)90-43)134-139(108,144)122-24-38-49(56(117-18-13-112-7)52(126-38)42-32(3)61(77)92-74(103)89-42)132-137(106,142)123-25-39-50(58(119-20-15-114-9)70(128-39)98-30-87-46-66(98)93-72(80)94-68(46)101)133-138(107,143)121-23-37-48(55(116-17-12-111-6)51(125-37)41-31(2)60(76)91-73(102)88-41)131-136(105,141)120-22-36-47(99)54(115-16-11-110-5)69(127-36)97-29-86-45-63(79)82-27-84-65(45)97/h26-30,34-40,47-59,69-71,99H,10-25H2,1-9H3,(H,105,141)(H,106,142)(H,107,143)(H,108,144)(H,109,145)(H2,78,81,83)(H2,79,82,84)(H3,76,88,91,102)(H3,77,89,92,103)(H3,80,93,94,101)(H2,90,95,100,104)/t34-,35-,36-,37-,38-,39-,40-,47+,48+,49+,50+,51+,52+,53+,54?,55?,56?,57?,58?,59-,69-,70-,71-,136?,137?,138?,139?,140?/m1/s1. The van der Waals surface area contributed by atoms with Crippen LogP contribution in [0.3, 0.4) is 0 Å². The Bertz CT molecular complexity index is 6630. The van der Waals surface area contributed by atoms with Gasteiger partial charge in [-0.2, -0.15) is 15.0 Å². The molecule has 0 saturated carbocycles. The van der Waals surface area contributed by atoms with Crippen molar-refractivity contribution in [3.63, 3.8) is 0 Å². The summed E-state index contributed by atoms with van der Waals surface area (Å²) in [6, 6.07) is 0. The van der Waals surface area contributed by atoms with Gasteiger partial charge in [0, 0.05) is 58.7 Å². The number of nitrogens with two attached hydrogens (primary N) is 5. The van der Waals surface area contributed by atoms with Gasteiger partial charge in [-0.25, -0.2) is 49.3 Å². The molecule has 0 amide bonds. The largest absolute Gasteiger partial charge is 0.387 e. The van der Waals surface area contributed by atoms with Crippen LogP contribution in [0.5, 0.6) is 0 Å². The zero-order valence-corrected chi connectivity index (χ0v) is 86.9. The molecule has 21 N–H and O–H groups in total. The summed E-state index contributed by atoms with van der Waals surface area (Å²) in [5, 5.41) is 12.0. The fourth-order valence-corrected chi connectivity index (χ4v) is 24.3. The molecule has 28 atom stereocenters. The lowest BCUT2D eigenvalue weighted by Crippen LogP contribution is -2.40. The summed E-state index contributed by atoms with van der Waals surface area (Å²) in [5.74, 6) is -0.761. The number of nitrogen functional groups attached to an aromatic ring is 5. The number of aliphatic hydroxyl groups excluding tert-OH is 1. The maximum Gasteiger partial charge on any atom is 0.347 e. The maximum absolute atomic E-state index is 13.5. The number of fused-ring (bicyclic) bond motifs is 3. The zero-order valence-electron chi connectivity index (χ0n) is 78.3. The van der Waals surface area contributed by atoms with Gasteiger partial charge in [-0.15, -0.1) is 0 Å². The van der Waals surface area contributed by atoms with Crippen molar-refractivity contribution < 1.29 is 151 Å². The third-order valence-electron chi connectivity index (χ3n) is 23.8. The number of anilines is 5. The van der Waals surface area contributed by atoms with E-state index >= 15 is 0 Å². The second-order valence-corrected chi connectivity index (χ2v) is 46.9. The van der Waals surface area contributed by atoms with Crippen LogP contribution in [0.4, 0.5) is 29.2 Å². The number of ether oxygens (including phenoxy) is 16. The van der Waals surface area contributed by atoms with Gasteiger partial charge in [0.25, 0.3) is 11.1 Å². The lowest BCUT2D eigenvalue weighted by Gasteiger charge is -2.31. The Morgan fingerprint density at radius 3 is 1.28 bits per heavy atom. The molecule has 6 fully saturated rings. The number of rotatable bonds is 51. The molecule has 6 aliphatic heterocycles. The predicted molar refractivity (Wildman–Crippen MR) is 518 cm³/mol. The minimum atomic E-state index is -5.07. The Morgan fingerprint density at radius 2 is 0.793 bits per heavy atom. The SMILES string of the molecule is CC[C@H]1O[C@@H](n2cnc3c(N)ncnc32)C[C@H]1OP(O)(=S)O[C@H]1O[C@@H](c2[nH]c(=O)[nH]c(=O)c2C)C(OCCOC)[C@H]1OP(O)(=S)OC[C@H]1O[C@@H](c2[nH]c(=O)nc(N)c2C)C(OCCOC)[C@H]1OP(O)(=S)OC[C@H]1O[C@@H](n2cnc3c(=O)[nH]c(N)nc32)C(OCCOC)[C@H]1OP(O)(=S)OC[C@H]1O[C@@H](c2[nH]c(=O)nc(N)c2C)C(OCCOC)[C@H]1OP(O)(=S)OC[C@H]1O[C@@H](n2cnc3c(N)ncnc32)C(OCCOC)[C@H]1O. The molecule has 0 spiro atoms. The lowest BCUT2D eigenvalue weighted by molar-refractivity contribution is -0.118. The van der Waals surface area contributed by atoms with E-state index in [1.807, 2.05) is 0 Å². The van der Waals surface area contributed by atoms with E-state index in [4.69, 9.17) is 209 Å². The molecule has 6 saturated heterocycles. The van der Waals surface area contributed by atoms with Crippen LogP contribution < -0.4 is 56.9 Å². The highest BCUT2D eigenvalue weighted by atomic mass is 32.5. The first kappa shape index (κ1) is 112. The molecule has 70 heteroatoms. The minimum absolute atomic E-state index is 0.0169. The topological polar surface area (TPSA) is 799 Å². The quantitative estimate of drug-likeness (QED) is 0.0155. The predicted octanol–water partition coefficient (Wildman–Crippen LogP) is -1.34. The van der Waals surface area contributed by atoms with E-state index in [1.54, 1.807) is 11.5 Å². The highest BCUT2D eigenvalue weighted by molar-refractivity contribution is 8.08. The molecule has 60 nitrogen and oxygen atoms in total. The molecule has 6 aliphatic rings. The molecule has 0 aliphatic carbocycles. The van der Waals surface area contributed by atoms with Crippen molar-refractivity contribution >= 4 is 155 Å². The van der Waals surface area contributed by atoms with Gasteiger partial charge in [-0.05, 0) is 86.2 Å². The smallest absolute Gasteiger partial charge is 0.347 e. The number of nitrogens with one attached hydrogen (secondary N) is 5. The van der Waals surface area contributed by atoms with Crippen molar-refractivity contribution in [3.8, 4) is 0 Å². The summed E-state index contributed by atoms with van der Waals surface area (Å²) in [6.07, 6.45) is -28.0. The third-order valence-corrected chi connectivity index (χ3v) is 31.5. The lowest BCUT2D eigenvalue weighted by atomic mass is 10.0. The number of nitrogens with zero attached hydrogens (tertiary/aromatic N) is 13. The van der Waals surface area contributed by atoms with Crippen molar-refractivity contribution in [2.45, 2.75) is 181 Å². The van der Waals surface area contributed by atoms with Crippen LogP contribution in [0.15, 0.2) is 55.6 Å². The number of hydrogen-bond acceptors (Lipinski definition) is 52. The number of aromatic amines is 5. The summed E-state index contributed by atoms with van der Waals surface area (Å²) in [7, 11) is 6.90. The molecule has 15 heterocycles. The van der Waals surface area contributed by atoms with Crippen molar-refractivity contribution in [1.82, 2.24) is 88.5 Å². The highest BCUT2D eigenvalue weighted by Gasteiger charge is 2.59. The van der Waals surface area contributed by atoms with Crippen molar-refractivity contribution in [2.24, 2.45) is 0 Å². The first-order chi connectivity index (χ1) is 69.1. The number of hydrogen-bond donors (Lipinski definition) is 16. The normalized spacial score (nSPS) is 29.2. The summed E-state index contributed by atoms with van der Waals surface area (Å²) in [5.41, 5.74) is 26.9. The first-order valence-electron chi connectivity index (χ1n) is 44.2. The van der Waals surface area contributed by atoms with Crippen molar-refractivity contribution in [2.75, 3.05) is 157 Å². The molecule has 800 valence electrons. The number of methoxy groups -OCH3 is 5. The number of imidazole rings is 3. The molecule has 15 rings (SSSR count). The summed E-state index contributed by atoms with van der Waals surface area (Å²) in [6.45, 7) is -23.5. The first-order valence-corrected chi connectivity index (χ1v) is 57.1. The Balaban J connectivity index is 0.727. The van der Waals surface area contributed by atoms with Gasteiger partial charge in [0.05, 0.1) is 141 Å². The molecular formula is C75H108N23O37P5S5. The van der Waals surface area contributed by atoms with E-state index in [0.717, 1.165) is 6.33 Å². The van der Waals surface area contributed by atoms with Gasteiger partial charge >= 0.3 is 50.7 Å². The summed E-state index contributed by atoms with van der Waals surface area (Å²) in [4.78, 5) is 184. The van der Waals surface area contributed by atoms with Gasteiger partial charge in [0.1, 0.15) is 145 Å². The average Bonchev–Trinajstić information content (AvgIpc) is 1.62. The minimum Gasteiger partial charge on any atom is -0.387 e. The van der Waals surface area contributed by atoms with E-state index in [9.17, 15) is 53.5 Å². The molecule has 0 radical (unpaired) electrons. The summed E-state index contributed by atoms with van der Waals surface area (Å²) >= 11 is 29.2. The number of aliphatic hydroxyl groups is 1. The van der Waals surface area contributed by atoms with E-state index in [1.165, 1.54) is 90.8 Å². The monoisotopic (exact) mass is 2240 g/mol. The molecule has 0 aromatic carbocycles. The Kier molecular flexibility index (Phi) is 37.2. The molecule has 145 heavy (non-hydrogen) atoms. The average molecular weight is 2240 g/mol. The van der Waals surface area contributed by atoms with Crippen LogP contribution in [0.1, 0.15) is 90.5 Å². The van der Waals surface area contributed by atoms with Gasteiger partial charge < -0.3 is 172 Å². The van der Waals surface area contributed by atoms with Crippen LogP contribution in [-0.2, 0) is 180 Å². The Labute approximate surface area is 845 Å². The van der Waals surface area contributed by atoms with E-state index in [0.29, 0.717) is 12.1 Å². The second kappa shape index (κ2) is 48.2. The van der Waals surface area contributed by atoms with Crippen molar-refractivity contribution in [1.29, 1.82) is 0 Å². The van der Waals surface area contributed by atoms with Gasteiger partial charge in [-0.1, -0.05) is 6.92 Å². The molecule has 10 unspecified atom stereocenters. The molecule has 9 aromatic rings. The molecule has 9 aromatic heterocycles. The van der Waals surface area contributed by atoms with Crippen LogP contribution in [0.25, 0.3) is 33.5 Å². The van der Waals surface area contributed by atoms with E-state index in [2.05, 4.69) is 74.8 Å². The number of H-pyrrole nitrogens is 5. The molecular weight excluding hydrogens is 2130 g/mol. The second-order valence-electron chi connectivity index (χ2n) is 33.0. The van der Waals surface area contributed by atoms with Crippen LogP contribution in [0.2, 0.25) is 0 Å². The van der Waals surface area contributed by atoms with Crippen LogP contribution >= 0.6 is 33.6 Å². The van der Waals surface area contributed by atoms with Gasteiger partial charge in [0.15, 0.2) is 52.8 Å². The fraction of sp³-hybridized carbons (Fsp3) is 0.640. The summed E-state index contributed by atoms with van der Waals surface area (Å²) < 4.78 is 165. The fourth-order valence-electron chi connectivity index (χ4n) is 16.9. The number of aromatic nitrogens is 18. The van der Waals surface area contributed by atoms with E-state index < -0.39 is 229 Å².